The van der Waals surface area contributed by atoms with Gasteiger partial charge in [0.1, 0.15) is 0 Å². The van der Waals surface area contributed by atoms with Crippen LogP contribution in [0.4, 0.5) is 0 Å². The summed E-state index contributed by atoms with van der Waals surface area (Å²) in [5.41, 5.74) is 5.53. The third-order valence-electron chi connectivity index (χ3n) is 7.14. The van der Waals surface area contributed by atoms with Gasteiger partial charge in [-0.25, -0.2) is 0 Å². The highest BCUT2D eigenvalue weighted by atomic mass is 16.5. The van der Waals surface area contributed by atoms with Crippen molar-refractivity contribution >= 4 is 0 Å². The minimum Gasteiger partial charge on any atom is -0.381 e. The Morgan fingerprint density at radius 2 is 0.576 bits per heavy atom. The van der Waals surface area contributed by atoms with Crippen molar-refractivity contribution in [3.05, 3.63) is 0 Å². The van der Waals surface area contributed by atoms with Gasteiger partial charge in [0, 0.05) is 13.2 Å². The van der Waals surface area contributed by atoms with Crippen molar-refractivity contribution in [3.8, 4) is 0 Å². The van der Waals surface area contributed by atoms with Crippen LogP contribution in [-0.2, 0) is 4.74 Å². The van der Waals surface area contributed by atoms with E-state index < -0.39 is 0 Å². The molecule has 0 fully saturated rings. The van der Waals surface area contributed by atoms with Gasteiger partial charge in [-0.05, 0) is 25.8 Å². The highest BCUT2D eigenvalue weighted by Gasteiger charge is 1.96. The van der Waals surface area contributed by atoms with Crippen LogP contribution in [0, 0.1) is 0 Å². The average Bonchev–Trinajstić information content (AvgIpc) is 2.83. The summed E-state index contributed by atoms with van der Waals surface area (Å²) in [6.45, 7) is 5.15. The molecule has 0 unspecified atom stereocenters. The van der Waals surface area contributed by atoms with E-state index >= 15 is 0 Å². The molecule has 0 saturated heterocycles. The zero-order valence-electron chi connectivity index (χ0n) is 23.2. The van der Waals surface area contributed by atoms with Crippen molar-refractivity contribution in [1.82, 2.24) is 0 Å². The molecule has 2 nitrogen and oxygen atoms in total. The first-order chi connectivity index (χ1) is 16.4. The van der Waals surface area contributed by atoms with Gasteiger partial charge in [-0.1, -0.05) is 161 Å². The van der Waals surface area contributed by atoms with E-state index in [0.29, 0.717) is 0 Å². The molecule has 0 heterocycles. The minimum absolute atomic E-state index is 0.868. The molecular formula is C31H65NO. The van der Waals surface area contributed by atoms with Crippen LogP contribution in [0.5, 0.6) is 0 Å². The molecule has 0 amide bonds. The average molecular weight is 468 g/mol. The van der Waals surface area contributed by atoms with Crippen molar-refractivity contribution in [2.45, 2.75) is 180 Å². The molecule has 0 atom stereocenters. The van der Waals surface area contributed by atoms with Crippen LogP contribution in [0.3, 0.4) is 0 Å². The van der Waals surface area contributed by atoms with Gasteiger partial charge in [0.25, 0.3) is 0 Å². The molecule has 2 N–H and O–H groups in total. The van der Waals surface area contributed by atoms with Crippen LogP contribution >= 0.6 is 0 Å². The molecule has 0 spiro atoms. The summed E-state index contributed by atoms with van der Waals surface area (Å²) in [5, 5.41) is 0. The van der Waals surface area contributed by atoms with Gasteiger partial charge in [0.2, 0.25) is 0 Å². The molecule has 0 aromatic carbocycles. The molecule has 33 heavy (non-hydrogen) atoms. The fraction of sp³-hybridized carbons (Fsp3) is 1.00. The van der Waals surface area contributed by atoms with E-state index in [2.05, 4.69) is 6.92 Å². The van der Waals surface area contributed by atoms with Gasteiger partial charge in [0.05, 0.1) is 0 Å². The number of nitrogens with two attached hydrogens (primary N) is 1. The van der Waals surface area contributed by atoms with Crippen molar-refractivity contribution in [2.75, 3.05) is 19.8 Å². The van der Waals surface area contributed by atoms with Gasteiger partial charge in [-0.2, -0.15) is 0 Å². The highest BCUT2D eigenvalue weighted by molar-refractivity contribution is 4.51. The lowest BCUT2D eigenvalue weighted by molar-refractivity contribution is 0.125. The van der Waals surface area contributed by atoms with E-state index in [0.717, 1.165) is 19.8 Å². The second-order valence-electron chi connectivity index (χ2n) is 10.6. The monoisotopic (exact) mass is 468 g/mol. The van der Waals surface area contributed by atoms with E-state index in [-0.39, 0.29) is 0 Å². The van der Waals surface area contributed by atoms with E-state index in [1.165, 1.54) is 173 Å². The van der Waals surface area contributed by atoms with E-state index in [1.807, 2.05) is 0 Å². The fourth-order valence-corrected chi connectivity index (χ4v) is 4.79. The van der Waals surface area contributed by atoms with Crippen LogP contribution in [0.2, 0.25) is 0 Å². The van der Waals surface area contributed by atoms with Crippen LogP contribution in [-0.4, -0.2) is 19.8 Å². The van der Waals surface area contributed by atoms with E-state index in [1.54, 1.807) is 0 Å². The first kappa shape index (κ1) is 32.9. The molecule has 0 aliphatic rings. The first-order valence-electron chi connectivity index (χ1n) is 15.7. The minimum atomic E-state index is 0.868. The first-order valence-corrected chi connectivity index (χ1v) is 15.7. The summed E-state index contributed by atoms with van der Waals surface area (Å²) in [6, 6.07) is 0. The number of unbranched alkanes of at least 4 members (excludes halogenated alkanes) is 25. The molecule has 0 aliphatic carbocycles. The zero-order valence-corrected chi connectivity index (χ0v) is 23.2. The van der Waals surface area contributed by atoms with Crippen LogP contribution in [0.25, 0.3) is 0 Å². The molecule has 0 rings (SSSR count). The summed E-state index contributed by atoms with van der Waals surface area (Å²) in [6.07, 6.45) is 38.0. The molecule has 0 bridgehead atoms. The Labute approximate surface area is 210 Å². The standard InChI is InChI=1S/C31H65NO/c1-2-3-4-5-6-7-8-15-18-21-24-27-30-33-31-28-25-22-19-16-13-11-9-10-12-14-17-20-23-26-29-32/h2-32H2,1H3. The van der Waals surface area contributed by atoms with Crippen molar-refractivity contribution in [3.63, 3.8) is 0 Å². The molecule has 0 aromatic rings. The molecule has 0 aliphatic heterocycles. The Hall–Kier alpha value is -0.0800. The SMILES string of the molecule is CCCCCCCCCCCCCCOCCCCCCCCCCCCCCCCCN. The normalized spacial score (nSPS) is 11.5. The van der Waals surface area contributed by atoms with Crippen LogP contribution in [0.15, 0.2) is 0 Å². The van der Waals surface area contributed by atoms with Crippen molar-refractivity contribution < 1.29 is 4.74 Å². The summed E-state index contributed by atoms with van der Waals surface area (Å²) < 4.78 is 5.84. The lowest BCUT2D eigenvalue weighted by atomic mass is 10.0. The van der Waals surface area contributed by atoms with Crippen LogP contribution < -0.4 is 5.73 Å². The summed E-state index contributed by atoms with van der Waals surface area (Å²) in [7, 11) is 0. The topological polar surface area (TPSA) is 35.2 Å². The Bertz CT molecular complexity index is 290. The van der Waals surface area contributed by atoms with Gasteiger partial charge in [-0.3, -0.25) is 0 Å². The predicted octanol–water partition coefficient (Wildman–Crippen LogP) is 10.5. The van der Waals surface area contributed by atoms with Gasteiger partial charge in [0.15, 0.2) is 0 Å². The Kier molecular flexibility index (Phi) is 31.8. The second kappa shape index (κ2) is 31.9. The molecule has 0 saturated carbocycles. The van der Waals surface area contributed by atoms with Crippen LogP contribution in [0.1, 0.15) is 180 Å². The molecule has 0 aromatic heterocycles. The van der Waals surface area contributed by atoms with E-state index in [9.17, 15) is 0 Å². The van der Waals surface area contributed by atoms with Crippen molar-refractivity contribution in [2.24, 2.45) is 5.73 Å². The summed E-state index contributed by atoms with van der Waals surface area (Å²) in [4.78, 5) is 0. The highest BCUT2D eigenvalue weighted by Crippen LogP contribution is 2.14. The third kappa shape index (κ3) is 31.9. The van der Waals surface area contributed by atoms with E-state index in [4.69, 9.17) is 10.5 Å². The quantitative estimate of drug-likeness (QED) is 0.107. The number of rotatable bonds is 30. The Morgan fingerprint density at radius 1 is 0.333 bits per heavy atom. The molecule has 0 radical (unpaired) electrons. The predicted molar refractivity (Wildman–Crippen MR) is 150 cm³/mol. The van der Waals surface area contributed by atoms with Gasteiger partial charge >= 0.3 is 0 Å². The molecule has 2 heteroatoms. The zero-order chi connectivity index (χ0) is 23.9. The lowest BCUT2D eigenvalue weighted by Crippen LogP contribution is -1.97. The maximum atomic E-state index is 5.84. The van der Waals surface area contributed by atoms with Gasteiger partial charge in [-0.15, -0.1) is 0 Å². The Morgan fingerprint density at radius 3 is 0.848 bits per heavy atom. The molecule has 200 valence electrons. The maximum Gasteiger partial charge on any atom is 0.0466 e. The number of hydrogen-bond donors (Lipinski definition) is 1. The summed E-state index contributed by atoms with van der Waals surface area (Å²) in [5.74, 6) is 0. The molecular weight excluding hydrogens is 402 g/mol. The summed E-state index contributed by atoms with van der Waals surface area (Å²) >= 11 is 0. The number of hydrogen-bond acceptors (Lipinski definition) is 2. The largest absolute Gasteiger partial charge is 0.381 e. The van der Waals surface area contributed by atoms with Gasteiger partial charge < -0.3 is 10.5 Å². The maximum absolute atomic E-state index is 5.84. The second-order valence-corrected chi connectivity index (χ2v) is 10.6. The lowest BCUT2D eigenvalue weighted by Gasteiger charge is -2.05. The third-order valence-corrected chi connectivity index (χ3v) is 7.14. The number of ether oxygens (including phenoxy) is 1. The van der Waals surface area contributed by atoms with Crippen molar-refractivity contribution in [1.29, 1.82) is 0 Å². The Balaban J connectivity index is 2.99. The fourth-order valence-electron chi connectivity index (χ4n) is 4.79. The smallest absolute Gasteiger partial charge is 0.0466 e.